The molecule has 2 aromatic heterocycles. The van der Waals surface area contributed by atoms with Gasteiger partial charge in [0.15, 0.2) is 12.1 Å². The summed E-state index contributed by atoms with van der Waals surface area (Å²) in [4.78, 5) is 6.05. The zero-order chi connectivity index (χ0) is 21.5. The van der Waals surface area contributed by atoms with Crippen LogP contribution in [0.4, 0.5) is 5.82 Å². The van der Waals surface area contributed by atoms with Gasteiger partial charge in [0, 0.05) is 37.8 Å². The lowest BCUT2D eigenvalue weighted by Crippen LogP contribution is -2.47. The van der Waals surface area contributed by atoms with Crippen molar-refractivity contribution in [3.63, 3.8) is 0 Å². The van der Waals surface area contributed by atoms with E-state index >= 15 is 0 Å². The molecule has 4 rings (SSSR count). The van der Waals surface area contributed by atoms with Crippen LogP contribution in [0.3, 0.4) is 0 Å². The van der Waals surface area contributed by atoms with Gasteiger partial charge in [0.05, 0.1) is 11.9 Å². The van der Waals surface area contributed by atoms with Crippen LogP contribution in [0.5, 0.6) is 0 Å². The van der Waals surface area contributed by atoms with Crippen LogP contribution in [0.15, 0.2) is 53.9 Å². The number of nitrogens with one attached hydrogen (secondary N) is 1. The van der Waals surface area contributed by atoms with E-state index in [4.69, 9.17) is 0 Å². The molecule has 0 radical (unpaired) electrons. The fourth-order valence-electron chi connectivity index (χ4n) is 3.57. The Hall–Kier alpha value is -2.98. The maximum absolute atomic E-state index is 12.4. The molecule has 3 heterocycles. The summed E-state index contributed by atoms with van der Waals surface area (Å²) in [6.45, 7) is 4.56. The van der Waals surface area contributed by atoms with Crippen molar-refractivity contribution in [2.45, 2.75) is 32.6 Å². The molecule has 1 aliphatic rings. The maximum Gasteiger partial charge on any atom is 0.227 e. The predicted octanol–water partition coefficient (Wildman–Crippen LogP) is 2.42. The molecule has 3 aromatic rings. The van der Waals surface area contributed by atoms with E-state index in [0.717, 1.165) is 16.8 Å². The van der Waals surface area contributed by atoms with Crippen LogP contribution in [0.25, 0.3) is 5.69 Å². The summed E-state index contributed by atoms with van der Waals surface area (Å²) in [5.74, 6) is 0.740. The Morgan fingerprint density at radius 1 is 1.17 bits per heavy atom. The average molecular weight is 428 g/mol. The third-order valence-corrected chi connectivity index (χ3v) is 6.11. The molecule has 9 nitrogen and oxygen atoms in total. The fourth-order valence-corrected chi connectivity index (χ4v) is 4.45. The van der Waals surface area contributed by atoms with Gasteiger partial charge in [-0.05, 0) is 23.6 Å². The highest BCUT2D eigenvalue weighted by Crippen LogP contribution is 2.33. The molecule has 1 atom stereocenters. The highest BCUT2D eigenvalue weighted by molar-refractivity contribution is 8.05. The Labute approximate surface area is 176 Å². The molecule has 0 aliphatic carbocycles. The highest BCUT2D eigenvalue weighted by atomic mass is 32.2. The van der Waals surface area contributed by atoms with Gasteiger partial charge >= 0.3 is 0 Å². The number of fused-ring (bicyclic) bond motifs is 1. The Morgan fingerprint density at radius 3 is 2.60 bits per heavy atom. The zero-order valence-electron chi connectivity index (χ0n) is 17.4. The summed E-state index contributed by atoms with van der Waals surface area (Å²) < 4.78 is 28.3. The second-order valence-electron chi connectivity index (χ2n) is 7.63. The van der Waals surface area contributed by atoms with E-state index in [0.29, 0.717) is 12.4 Å². The molecule has 1 aliphatic heterocycles. The van der Waals surface area contributed by atoms with Gasteiger partial charge in [-0.1, -0.05) is 32.0 Å². The minimum atomic E-state index is -3.52. The number of hydrogen-bond donors (Lipinski definition) is 1. The Bertz CT molecular complexity index is 1180. The minimum Gasteiger partial charge on any atom is -0.316 e. The van der Waals surface area contributed by atoms with Crippen molar-refractivity contribution < 1.29 is 8.42 Å². The molecule has 0 saturated heterocycles. The number of amidine groups is 1. The molecule has 0 amide bonds. The number of benzene rings is 1. The van der Waals surface area contributed by atoms with E-state index in [1.54, 1.807) is 33.7 Å². The van der Waals surface area contributed by atoms with E-state index in [1.807, 2.05) is 50.4 Å². The molecule has 1 unspecified atom stereocenters. The summed E-state index contributed by atoms with van der Waals surface area (Å²) in [7, 11) is -1.81. The summed E-state index contributed by atoms with van der Waals surface area (Å²) in [5, 5.41) is 12.3. The van der Waals surface area contributed by atoms with Gasteiger partial charge in [0.2, 0.25) is 15.0 Å². The van der Waals surface area contributed by atoms with Crippen molar-refractivity contribution in [1.82, 2.24) is 29.8 Å². The first-order chi connectivity index (χ1) is 14.3. The molecule has 1 aromatic carbocycles. The number of para-hydroxylation sites is 1. The van der Waals surface area contributed by atoms with E-state index < -0.39 is 16.1 Å². The molecule has 158 valence electrons. The SMILES string of the molecule is CC(C)c1cnn2c1N=C(S(C)(=O)=O)N(C)C2NCc1ccccc1-n1cccn1. The minimum absolute atomic E-state index is 0.0234. The Kier molecular flexibility index (Phi) is 5.20. The molecular formula is C20H25N7O2S. The highest BCUT2D eigenvalue weighted by Gasteiger charge is 2.34. The molecule has 0 bridgehead atoms. The number of rotatable bonds is 5. The summed E-state index contributed by atoms with van der Waals surface area (Å²) in [5.41, 5.74) is 2.89. The largest absolute Gasteiger partial charge is 0.316 e. The van der Waals surface area contributed by atoms with Crippen molar-refractivity contribution >= 4 is 20.8 Å². The number of nitrogens with zero attached hydrogens (tertiary/aromatic N) is 6. The van der Waals surface area contributed by atoms with Crippen molar-refractivity contribution in [1.29, 1.82) is 0 Å². The Balaban J connectivity index is 1.70. The fraction of sp³-hybridized carbons (Fsp3) is 0.350. The summed E-state index contributed by atoms with van der Waals surface area (Å²) in [6, 6.07) is 9.81. The lowest BCUT2D eigenvalue weighted by atomic mass is 10.1. The smallest absolute Gasteiger partial charge is 0.227 e. The Morgan fingerprint density at radius 2 is 1.93 bits per heavy atom. The molecule has 0 saturated carbocycles. The van der Waals surface area contributed by atoms with Crippen LogP contribution in [-0.4, -0.2) is 51.3 Å². The molecule has 0 spiro atoms. The van der Waals surface area contributed by atoms with Gasteiger partial charge in [0.1, 0.15) is 0 Å². The van der Waals surface area contributed by atoms with E-state index in [9.17, 15) is 8.42 Å². The van der Waals surface area contributed by atoms with Crippen LogP contribution in [0.1, 0.15) is 37.2 Å². The van der Waals surface area contributed by atoms with Gasteiger partial charge < -0.3 is 4.90 Å². The van der Waals surface area contributed by atoms with Crippen LogP contribution < -0.4 is 5.32 Å². The normalized spacial score (nSPS) is 16.6. The maximum atomic E-state index is 12.4. The number of aliphatic imine (C=N–C) groups is 1. The first-order valence-electron chi connectivity index (χ1n) is 9.67. The quantitative estimate of drug-likeness (QED) is 0.672. The van der Waals surface area contributed by atoms with E-state index in [2.05, 4.69) is 20.5 Å². The third kappa shape index (κ3) is 3.63. The van der Waals surface area contributed by atoms with Crippen LogP contribution >= 0.6 is 0 Å². The number of hydrogen-bond acceptors (Lipinski definition) is 7. The van der Waals surface area contributed by atoms with E-state index in [1.165, 1.54) is 6.26 Å². The summed E-state index contributed by atoms with van der Waals surface area (Å²) in [6.07, 6.45) is 6.06. The molecule has 1 N–H and O–H groups in total. The van der Waals surface area contributed by atoms with E-state index in [-0.39, 0.29) is 11.1 Å². The molecule has 0 fully saturated rings. The first kappa shape index (κ1) is 20.3. The second-order valence-corrected chi connectivity index (χ2v) is 9.54. The molecule has 30 heavy (non-hydrogen) atoms. The topological polar surface area (TPSA) is 97.4 Å². The average Bonchev–Trinajstić information content (AvgIpc) is 3.36. The van der Waals surface area contributed by atoms with Gasteiger partial charge in [-0.2, -0.15) is 10.2 Å². The monoisotopic (exact) mass is 427 g/mol. The summed E-state index contributed by atoms with van der Waals surface area (Å²) >= 11 is 0. The van der Waals surface area contributed by atoms with Crippen LogP contribution in [0.2, 0.25) is 0 Å². The molecule has 10 heteroatoms. The second kappa shape index (κ2) is 7.69. The van der Waals surface area contributed by atoms with Gasteiger partial charge in [-0.3, -0.25) is 5.32 Å². The van der Waals surface area contributed by atoms with Crippen molar-refractivity contribution in [3.05, 3.63) is 60.0 Å². The van der Waals surface area contributed by atoms with Gasteiger partial charge in [0.25, 0.3) is 0 Å². The third-order valence-electron chi connectivity index (χ3n) is 5.07. The van der Waals surface area contributed by atoms with Gasteiger partial charge in [-0.15, -0.1) is 0 Å². The standard InChI is InChI=1S/C20H25N7O2S/c1-14(2)16-13-23-27-18(16)24-20(30(4,28)29)25(3)19(27)21-12-15-8-5-6-9-17(15)26-11-7-10-22-26/h5-11,13-14,19,21H,12H2,1-4H3. The zero-order valence-corrected chi connectivity index (χ0v) is 18.2. The lowest BCUT2D eigenvalue weighted by molar-refractivity contribution is 0.198. The first-order valence-corrected chi connectivity index (χ1v) is 11.6. The van der Waals surface area contributed by atoms with Gasteiger partial charge in [-0.25, -0.2) is 22.8 Å². The molecular weight excluding hydrogens is 402 g/mol. The lowest BCUT2D eigenvalue weighted by Gasteiger charge is -2.34. The number of sulfone groups is 1. The van der Waals surface area contributed by atoms with Crippen molar-refractivity contribution in [2.24, 2.45) is 4.99 Å². The number of aromatic nitrogens is 4. The van der Waals surface area contributed by atoms with Crippen molar-refractivity contribution in [3.8, 4) is 5.69 Å². The van der Waals surface area contributed by atoms with Crippen LogP contribution in [0, 0.1) is 0 Å². The predicted molar refractivity (Wildman–Crippen MR) is 115 cm³/mol. The van der Waals surface area contributed by atoms with Crippen molar-refractivity contribution in [2.75, 3.05) is 13.3 Å². The van der Waals surface area contributed by atoms with Crippen LogP contribution in [-0.2, 0) is 16.4 Å².